The van der Waals surface area contributed by atoms with E-state index in [2.05, 4.69) is 4.99 Å². The van der Waals surface area contributed by atoms with Crippen molar-refractivity contribution in [2.24, 2.45) is 10.7 Å². The molecule has 1 unspecified atom stereocenters. The third-order valence-electron chi connectivity index (χ3n) is 2.56. The van der Waals surface area contributed by atoms with Crippen LogP contribution in [0.5, 0.6) is 0 Å². The molecule has 0 saturated carbocycles. The van der Waals surface area contributed by atoms with E-state index in [0.29, 0.717) is 24.6 Å². The van der Waals surface area contributed by atoms with Crippen molar-refractivity contribution in [3.63, 3.8) is 0 Å². The molecule has 1 aliphatic rings. The number of rotatable bonds is 4. The smallest absolute Gasteiger partial charge is 0.219 e. The molecule has 4 heteroatoms. The van der Waals surface area contributed by atoms with E-state index in [1.807, 2.05) is 0 Å². The average molecular weight is 222 g/mol. The van der Waals surface area contributed by atoms with E-state index in [9.17, 15) is 4.39 Å². The van der Waals surface area contributed by atoms with Gasteiger partial charge in [-0.3, -0.25) is 0 Å². The molecule has 0 saturated heterocycles. The Balaban J connectivity index is 2.09. The fraction of sp³-hybridized carbons (Fsp3) is 0.417. The van der Waals surface area contributed by atoms with Crippen LogP contribution in [0.4, 0.5) is 4.39 Å². The maximum absolute atomic E-state index is 13.4. The van der Waals surface area contributed by atoms with Crippen LogP contribution >= 0.6 is 0 Å². The summed E-state index contributed by atoms with van der Waals surface area (Å²) in [5.74, 6) is 0.126. The van der Waals surface area contributed by atoms with Crippen LogP contribution in [-0.4, -0.2) is 25.1 Å². The normalized spacial score (nSPS) is 19.4. The molecule has 0 amide bonds. The molecular weight excluding hydrogens is 207 g/mol. The number of ether oxygens (including phenoxy) is 1. The topological polar surface area (TPSA) is 47.6 Å². The Hall–Kier alpha value is -1.42. The molecule has 0 aromatic heterocycles. The Kier molecular flexibility index (Phi) is 3.51. The summed E-state index contributed by atoms with van der Waals surface area (Å²) in [6.07, 6.45) is 1.82. The second kappa shape index (κ2) is 5.07. The van der Waals surface area contributed by atoms with Crippen molar-refractivity contribution in [2.75, 3.05) is 13.2 Å². The maximum Gasteiger partial charge on any atom is 0.219 e. The first kappa shape index (κ1) is 11.1. The first-order valence-corrected chi connectivity index (χ1v) is 5.47. The van der Waals surface area contributed by atoms with Crippen LogP contribution in [0.1, 0.15) is 18.4 Å². The summed E-state index contributed by atoms with van der Waals surface area (Å²) in [5.41, 5.74) is 5.87. The molecule has 0 bridgehead atoms. The van der Waals surface area contributed by atoms with Gasteiger partial charge in [-0.15, -0.1) is 0 Å². The number of nitrogens with two attached hydrogens (primary N) is 1. The molecule has 2 rings (SSSR count). The van der Waals surface area contributed by atoms with Crippen LogP contribution in [0, 0.1) is 5.82 Å². The summed E-state index contributed by atoms with van der Waals surface area (Å²) in [7, 11) is 0. The summed E-state index contributed by atoms with van der Waals surface area (Å²) >= 11 is 0. The lowest BCUT2D eigenvalue weighted by Crippen LogP contribution is -2.09. The van der Waals surface area contributed by atoms with Gasteiger partial charge in [0, 0.05) is 0 Å². The quantitative estimate of drug-likeness (QED) is 0.843. The number of aliphatic imine (C=N–C) groups is 1. The van der Waals surface area contributed by atoms with Crippen LogP contribution in [0.15, 0.2) is 29.3 Å². The Bertz CT molecular complexity index is 392. The highest BCUT2D eigenvalue weighted by Crippen LogP contribution is 2.17. The van der Waals surface area contributed by atoms with E-state index in [-0.39, 0.29) is 11.9 Å². The molecule has 0 fully saturated rings. The molecule has 2 N–H and O–H groups in total. The molecule has 0 spiro atoms. The Morgan fingerprint density at radius 2 is 2.25 bits per heavy atom. The van der Waals surface area contributed by atoms with E-state index in [1.165, 1.54) is 6.07 Å². The van der Waals surface area contributed by atoms with Crippen LogP contribution in [-0.2, 0) is 4.74 Å². The first-order chi connectivity index (χ1) is 7.81. The zero-order chi connectivity index (χ0) is 11.4. The van der Waals surface area contributed by atoms with Crippen molar-refractivity contribution >= 4 is 5.90 Å². The molecular formula is C12H15FN2O. The first-order valence-electron chi connectivity index (χ1n) is 5.47. The van der Waals surface area contributed by atoms with Crippen molar-refractivity contribution in [3.05, 3.63) is 35.6 Å². The third-order valence-corrected chi connectivity index (χ3v) is 2.56. The molecule has 3 nitrogen and oxygen atoms in total. The van der Waals surface area contributed by atoms with E-state index in [0.717, 1.165) is 12.8 Å². The largest absolute Gasteiger partial charge is 0.475 e. The van der Waals surface area contributed by atoms with Crippen molar-refractivity contribution in [2.45, 2.75) is 18.9 Å². The van der Waals surface area contributed by atoms with Gasteiger partial charge in [-0.1, -0.05) is 12.1 Å². The van der Waals surface area contributed by atoms with Crippen LogP contribution in [0.3, 0.4) is 0 Å². The lowest BCUT2D eigenvalue weighted by atomic mass is 10.2. The maximum atomic E-state index is 13.4. The SMILES string of the molecule is NCCCC1COC(c2ccccc2F)=N1. The van der Waals surface area contributed by atoms with Gasteiger partial charge in [0.05, 0.1) is 11.6 Å². The number of benzene rings is 1. The molecule has 1 aromatic carbocycles. The van der Waals surface area contributed by atoms with Gasteiger partial charge in [-0.2, -0.15) is 0 Å². The van der Waals surface area contributed by atoms with Gasteiger partial charge >= 0.3 is 0 Å². The highest BCUT2D eigenvalue weighted by atomic mass is 19.1. The molecule has 16 heavy (non-hydrogen) atoms. The van der Waals surface area contributed by atoms with Crippen LogP contribution < -0.4 is 5.73 Å². The standard InChI is InChI=1S/C12H15FN2O/c13-11-6-2-1-5-10(11)12-15-9(8-16-12)4-3-7-14/h1-2,5-6,9H,3-4,7-8,14H2. The number of halogens is 1. The summed E-state index contributed by atoms with van der Waals surface area (Å²) in [6.45, 7) is 1.19. The average Bonchev–Trinajstić information content (AvgIpc) is 2.75. The van der Waals surface area contributed by atoms with E-state index < -0.39 is 0 Å². The summed E-state index contributed by atoms with van der Waals surface area (Å²) in [6, 6.07) is 6.64. The van der Waals surface area contributed by atoms with Crippen molar-refractivity contribution in [1.29, 1.82) is 0 Å². The molecule has 0 aliphatic carbocycles. The second-order valence-corrected chi connectivity index (χ2v) is 3.81. The minimum Gasteiger partial charge on any atom is -0.475 e. The molecule has 1 aliphatic heterocycles. The van der Waals surface area contributed by atoms with Crippen molar-refractivity contribution in [3.8, 4) is 0 Å². The summed E-state index contributed by atoms with van der Waals surface area (Å²) < 4.78 is 18.8. The van der Waals surface area contributed by atoms with E-state index in [4.69, 9.17) is 10.5 Å². The monoisotopic (exact) mass is 222 g/mol. The zero-order valence-electron chi connectivity index (χ0n) is 9.03. The van der Waals surface area contributed by atoms with Gasteiger partial charge < -0.3 is 10.5 Å². The van der Waals surface area contributed by atoms with Gasteiger partial charge in [0.15, 0.2) is 0 Å². The Morgan fingerprint density at radius 1 is 1.44 bits per heavy atom. The van der Waals surface area contributed by atoms with Gasteiger partial charge in [-0.25, -0.2) is 9.38 Å². The highest BCUT2D eigenvalue weighted by Gasteiger charge is 2.21. The number of hydrogen-bond donors (Lipinski definition) is 1. The highest BCUT2D eigenvalue weighted by molar-refractivity contribution is 5.95. The summed E-state index contributed by atoms with van der Waals surface area (Å²) in [5, 5.41) is 0. The molecule has 86 valence electrons. The van der Waals surface area contributed by atoms with Crippen LogP contribution in [0.2, 0.25) is 0 Å². The van der Waals surface area contributed by atoms with Gasteiger partial charge in [0.25, 0.3) is 0 Å². The lowest BCUT2D eigenvalue weighted by Gasteiger charge is -2.02. The molecule has 0 radical (unpaired) electrons. The van der Waals surface area contributed by atoms with Crippen molar-refractivity contribution < 1.29 is 9.13 Å². The minimum atomic E-state index is -0.291. The van der Waals surface area contributed by atoms with Gasteiger partial charge in [0.2, 0.25) is 5.90 Å². The fourth-order valence-electron chi connectivity index (χ4n) is 1.70. The Morgan fingerprint density at radius 3 is 3.00 bits per heavy atom. The molecule has 1 heterocycles. The molecule has 1 atom stereocenters. The lowest BCUT2D eigenvalue weighted by molar-refractivity contribution is 0.310. The van der Waals surface area contributed by atoms with Gasteiger partial charge in [0.1, 0.15) is 12.4 Å². The van der Waals surface area contributed by atoms with Gasteiger partial charge in [-0.05, 0) is 31.5 Å². The third kappa shape index (κ3) is 2.39. The fourth-order valence-corrected chi connectivity index (χ4v) is 1.70. The van der Waals surface area contributed by atoms with E-state index >= 15 is 0 Å². The predicted molar refractivity (Wildman–Crippen MR) is 61.0 cm³/mol. The number of hydrogen-bond acceptors (Lipinski definition) is 3. The Labute approximate surface area is 94.1 Å². The predicted octanol–water partition coefficient (Wildman–Crippen LogP) is 1.71. The van der Waals surface area contributed by atoms with Crippen LogP contribution in [0.25, 0.3) is 0 Å². The minimum absolute atomic E-state index is 0.123. The number of nitrogens with zero attached hydrogens (tertiary/aromatic N) is 1. The second-order valence-electron chi connectivity index (χ2n) is 3.81. The summed E-state index contributed by atoms with van der Waals surface area (Å²) in [4.78, 5) is 4.36. The molecule has 1 aromatic rings. The van der Waals surface area contributed by atoms with Crippen molar-refractivity contribution in [1.82, 2.24) is 0 Å². The zero-order valence-corrected chi connectivity index (χ0v) is 9.03. The van der Waals surface area contributed by atoms with E-state index in [1.54, 1.807) is 18.2 Å².